The van der Waals surface area contributed by atoms with E-state index in [0.29, 0.717) is 0 Å². The molecule has 0 spiro atoms. The Bertz CT molecular complexity index is 720. The molecule has 0 aromatic carbocycles. The SMILES string of the molecule is CCc1cnc(Cn2cc(C#N)c(=O)[nH]c2=O)s1. The average molecular weight is 262 g/mol. The van der Waals surface area contributed by atoms with Gasteiger partial charge >= 0.3 is 5.69 Å². The van der Waals surface area contributed by atoms with E-state index in [9.17, 15) is 9.59 Å². The summed E-state index contributed by atoms with van der Waals surface area (Å²) in [5.74, 6) is 0. The van der Waals surface area contributed by atoms with E-state index in [-0.39, 0.29) is 12.1 Å². The van der Waals surface area contributed by atoms with Gasteiger partial charge in [0.15, 0.2) is 0 Å². The van der Waals surface area contributed by atoms with Gasteiger partial charge in [0, 0.05) is 17.3 Å². The number of hydrogen-bond donors (Lipinski definition) is 1. The Labute approximate surface area is 106 Å². The smallest absolute Gasteiger partial charge is 0.292 e. The first-order chi connectivity index (χ1) is 8.63. The van der Waals surface area contributed by atoms with Crippen LogP contribution in [0.15, 0.2) is 22.0 Å². The Hall–Kier alpha value is -2.20. The van der Waals surface area contributed by atoms with Crippen LogP contribution in [-0.2, 0) is 13.0 Å². The van der Waals surface area contributed by atoms with E-state index in [0.717, 1.165) is 16.3 Å². The summed E-state index contributed by atoms with van der Waals surface area (Å²) in [6.45, 7) is 2.28. The minimum absolute atomic E-state index is 0.0816. The molecule has 0 aliphatic carbocycles. The lowest BCUT2D eigenvalue weighted by Gasteiger charge is -2.01. The third-order valence-electron chi connectivity index (χ3n) is 2.39. The van der Waals surface area contributed by atoms with Gasteiger partial charge in [-0.3, -0.25) is 14.3 Å². The van der Waals surface area contributed by atoms with Crippen molar-refractivity contribution >= 4 is 11.3 Å². The highest BCUT2D eigenvalue weighted by atomic mass is 32.1. The first-order valence-corrected chi connectivity index (χ1v) is 6.13. The van der Waals surface area contributed by atoms with Crippen LogP contribution in [0, 0.1) is 11.3 Å². The number of nitrogens with zero attached hydrogens (tertiary/aromatic N) is 3. The van der Waals surface area contributed by atoms with Gasteiger partial charge in [-0.1, -0.05) is 6.92 Å². The first kappa shape index (κ1) is 12.3. The van der Waals surface area contributed by atoms with Crippen LogP contribution in [0.2, 0.25) is 0 Å². The molecule has 2 heterocycles. The van der Waals surface area contributed by atoms with Gasteiger partial charge in [0.1, 0.15) is 16.6 Å². The van der Waals surface area contributed by atoms with Crippen molar-refractivity contribution in [1.82, 2.24) is 14.5 Å². The number of aromatic nitrogens is 3. The molecule has 2 aromatic rings. The quantitative estimate of drug-likeness (QED) is 0.870. The molecule has 2 rings (SSSR count). The fourth-order valence-corrected chi connectivity index (χ4v) is 2.30. The molecule has 92 valence electrons. The van der Waals surface area contributed by atoms with E-state index in [4.69, 9.17) is 5.26 Å². The third kappa shape index (κ3) is 2.38. The van der Waals surface area contributed by atoms with Crippen LogP contribution >= 0.6 is 11.3 Å². The lowest BCUT2D eigenvalue weighted by molar-refractivity contribution is 0.713. The average Bonchev–Trinajstić information content (AvgIpc) is 2.80. The van der Waals surface area contributed by atoms with Crippen LogP contribution in [0.25, 0.3) is 0 Å². The highest BCUT2D eigenvalue weighted by molar-refractivity contribution is 7.11. The van der Waals surface area contributed by atoms with Crippen molar-refractivity contribution in [3.05, 3.63) is 48.7 Å². The predicted octanol–water partition coefficient (Wildman–Crippen LogP) is 0.475. The fraction of sp³-hybridized carbons (Fsp3) is 0.273. The molecule has 0 fully saturated rings. The number of aryl methyl sites for hydroxylation is 1. The largest absolute Gasteiger partial charge is 0.328 e. The lowest BCUT2D eigenvalue weighted by Crippen LogP contribution is -2.31. The third-order valence-corrected chi connectivity index (χ3v) is 3.51. The predicted molar refractivity (Wildman–Crippen MR) is 66.6 cm³/mol. The number of thiazole rings is 1. The summed E-state index contributed by atoms with van der Waals surface area (Å²) in [7, 11) is 0. The van der Waals surface area contributed by atoms with Crippen molar-refractivity contribution < 1.29 is 0 Å². The van der Waals surface area contributed by atoms with Crippen LogP contribution in [0.5, 0.6) is 0 Å². The van der Waals surface area contributed by atoms with Crippen LogP contribution in [-0.4, -0.2) is 14.5 Å². The van der Waals surface area contributed by atoms with Gasteiger partial charge in [-0.05, 0) is 6.42 Å². The normalized spacial score (nSPS) is 10.2. The fourth-order valence-electron chi connectivity index (χ4n) is 1.44. The molecule has 0 unspecified atom stereocenters. The summed E-state index contributed by atoms with van der Waals surface area (Å²) in [5, 5.41) is 9.51. The zero-order valence-electron chi connectivity index (χ0n) is 9.64. The van der Waals surface area contributed by atoms with Gasteiger partial charge in [-0.15, -0.1) is 11.3 Å². The molecule has 0 saturated carbocycles. The van der Waals surface area contributed by atoms with E-state index in [1.54, 1.807) is 12.3 Å². The second kappa shape index (κ2) is 4.98. The molecule has 0 aliphatic rings. The number of nitrogens with one attached hydrogen (secondary N) is 1. The van der Waals surface area contributed by atoms with Crippen molar-refractivity contribution in [3.8, 4) is 6.07 Å². The molecule has 0 radical (unpaired) electrons. The van der Waals surface area contributed by atoms with Gasteiger partial charge in [-0.25, -0.2) is 9.78 Å². The topological polar surface area (TPSA) is 91.5 Å². The van der Waals surface area contributed by atoms with E-state index in [2.05, 4.69) is 9.97 Å². The summed E-state index contributed by atoms with van der Waals surface area (Å²) >= 11 is 1.51. The summed E-state index contributed by atoms with van der Waals surface area (Å²) in [6, 6.07) is 1.74. The van der Waals surface area contributed by atoms with Gasteiger partial charge < -0.3 is 0 Å². The van der Waals surface area contributed by atoms with Crippen molar-refractivity contribution in [2.75, 3.05) is 0 Å². The van der Waals surface area contributed by atoms with Crippen molar-refractivity contribution in [2.24, 2.45) is 0 Å². The zero-order chi connectivity index (χ0) is 13.1. The Kier molecular flexibility index (Phi) is 3.39. The number of rotatable bonds is 3. The second-order valence-corrected chi connectivity index (χ2v) is 4.82. The van der Waals surface area contributed by atoms with Gasteiger partial charge in [0.2, 0.25) is 0 Å². The minimum atomic E-state index is -0.660. The molecule has 2 aromatic heterocycles. The molecular weight excluding hydrogens is 252 g/mol. The Morgan fingerprint density at radius 2 is 2.33 bits per heavy atom. The molecule has 6 nitrogen and oxygen atoms in total. The van der Waals surface area contributed by atoms with E-state index in [1.165, 1.54) is 22.1 Å². The first-order valence-electron chi connectivity index (χ1n) is 5.31. The minimum Gasteiger partial charge on any atom is -0.292 e. The molecular formula is C11H10N4O2S. The lowest BCUT2D eigenvalue weighted by atomic mass is 10.4. The Morgan fingerprint density at radius 1 is 1.56 bits per heavy atom. The van der Waals surface area contributed by atoms with Crippen molar-refractivity contribution in [3.63, 3.8) is 0 Å². The molecule has 18 heavy (non-hydrogen) atoms. The second-order valence-electron chi connectivity index (χ2n) is 3.62. The summed E-state index contributed by atoms with van der Waals surface area (Å²) in [4.78, 5) is 30.2. The van der Waals surface area contributed by atoms with Crippen LogP contribution in [0.3, 0.4) is 0 Å². The van der Waals surface area contributed by atoms with E-state index in [1.807, 2.05) is 6.92 Å². The number of nitriles is 1. The number of H-pyrrole nitrogens is 1. The van der Waals surface area contributed by atoms with Crippen molar-refractivity contribution in [1.29, 1.82) is 5.26 Å². The molecule has 1 N–H and O–H groups in total. The van der Waals surface area contributed by atoms with Crippen molar-refractivity contribution in [2.45, 2.75) is 19.9 Å². The Balaban J connectivity index is 2.37. The Morgan fingerprint density at radius 3 is 2.94 bits per heavy atom. The molecule has 0 aliphatic heterocycles. The maximum atomic E-state index is 11.6. The summed E-state index contributed by atoms with van der Waals surface area (Å²) < 4.78 is 1.28. The molecule has 0 saturated heterocycles. The monoisotopic (exact) mass is 262 g/mol. The van der Waals surface area contributed by atoms with E-state index < -0.39 is 11.2 Å². The number of aromatic amines is 1. The number of hydrogen-bond acceptors (Lipinski definition) is 5. The highest BCUT2D eigenvalue weighted by Crippen LogP contribution is 2.13. The standard InChI is InChI=1S/C11H10N4O2S/c1-2-8-4-13-9(18-8)6-15-5-7(3-12)10(16)14-11(15)17/h4-5H,2,6H2,1H3,(H,14,16,17). The van der Waals surface area contributed by atoms with Gasteiger partial charge in [0.05, 0.1) is 6.54 Å². The maximum Gasteiger partial charge on any atom is 0.328 e. The maximum absolute atomic E-state index is 11.6. The van der Waals surface area contributed by atoms with Gasteiger partial charge in [0.25, 0.3) is 5.56 Å². The summed E-state index contributed by atoms with van der Waals surface area (Å²) in [6.07, 6.45) is 3.91. The van der Waals surface area contributed by atoms with Gasteiger partial charge in [-0.2, -0.15) is 5.26 Å². The van der Waals surface area contributed by atoms with Crippen LogP contribution in [0.1, 0.15) is 22.4 Å². The highest BCUT2D eigenvalue weighted by Gasteiger charge is 2.07. The molecule has 0 bridgehead atoms. The molecule has 7 heteroatoms. The molecule has 0 atom stereocenters. The summed E-state index contributed by atoms with van der Waals surface area (Å²) in [5.41, 5.74) is -1.28. The van der Waals surface area contributed by atoms with Crippen LogP contribution < -0.4 is 11.2 Å². The van der Waals surface area contributed by atoms with E-state index >= 15 is 0 Å². The zero-order valence-corrected chi connectivity index (χ0v) is 10.5. The van der Waals surface area contributed by atoms with Crippen LogP contribution in [0.4, 0.5) is 0 Å². The molecule has 0 amide bonds.